The molecule has 0 unspecified atom stereocenters. The maximum absolute atomic E-state index is 5.18. The summed E-state index contributed by atoms with van der Waals surface area (Å²) in [5.41, 5.74) is 8.03. The second kappa shape index (κ2) is 13.0. The average Bonchev–Trinajstić information content (AvgIpc) is 3.65. The van der Waals surface area contributed by atoms with Gasteiger partial charge in [0.1, 0.15) is 0 Å². The van der Waals surface area contributed by atoms with Crippen molar-refractivity contribution in [3.05, 3.63) is 188 Å². The molecule has 4 heteroatoms. The third-order valence-electron chi connectivity index (χ3n) is 10.7. The van der Waals surface area contributed by atoms with Gasteiger partial charge in [0.15, 0.2) is 0 Å². The van der Waals surface area contributed by atoms with Crippen LogP contribution in [0, 0.1) is 0 Å². The second-order valence-electron chi connectivity index (χ2n) is 14.0. The molecule has 256 valence electrons. The molecule has 3 nitrogen and oxygen atoms in total. The van der Waals surface area contributed by atoms with E-state index in [1.165, 1.54) is 63.1 Å². The van der Waals surface area contributed by atoms with E-state index in [-0.39, 0.29) is 14.5 Å². The van der Waals surface area contributed by atoms with Crippen LogP contribution in [-0.4, -0.2) is 29.5 Å². The van der Waals surface area contributed by atoms with Crippen LogP contribution in [0.2, 0.25) is 0 Å². The van der Waals surface area contributed by atoms with E-state index in [4.69, 9.17) is 15.0 Å². The fraction of sp³-hybridized carbons (Fsp3) is 0. The zero-order valence-electron chi connectivity index (χ0n) is 29.6. The van der Waals surface area contributed by atoms with Gasteiger partial charge < -0.3 is 0 Å². The van der Waals surface area contributed by atoms with Gasteiger partial charge in [-0.2, -0.15) is 0 Å². The molecular weight excluding hydrogens is 734 g/mol. The number of hydrogen-bond donors (Lipinski definition) is 0. The van der Waals surface area contributed by atoms with Gasteiger partial charge in [-0.25, -0.2) is 0 Å². The first-order chi connectivity index (χ1) is 27.2. The van der Waals surface area contributed by atoms with Gasteiger partial charge in [0.05, 0.1) is 0 Å². The Hall–Kier alpha value is -6.71. The van der Waals surface area contributed by atoms with Crippen molar-refractivity contribution in [2.45, 2.75) is 0 Å². The summed E-state index contributed by atoms with van der Waals surface area (Å²) < 4.78 is 2.88. The van der Waals surface area contributed by atoms with Gasteiger partial charge in [0.2, 0.25) is 0 Å². The average molecular weight is 765 g/mol. The summed E-state index contributed by atoms with van der Waals surface area (Å²) in [6, 6.07) is 67.3. The molecule has 0 N–H and O–H groups in total. The first kappa shape index (κ1) is 31.8. The summed E-state index contributed by atoms with van der Waals surface area (Å²) in [5, 5.41) is 9.87. The summed E-state index contributed by atoms with van der Waals surface area (Å²) in [4.78, 5) is 15.4. The minimum absolute atomic E-state index is 0.122. The number of fused-ring (bicyclic) bond motifs is 6. The first-order valence-electron chi connectivity index (χ1n) is 18.5. The fourth-order valence-electron chi connectivity index (χ4n) is 8.02. The van der Waals surface area contributed by atoms with Crippen LogP contribution in [0.4, 0.5) is 0 Å². The minimum atomic E-state index is 0.122. The zero-order valence-corrected chi connectivity index (χ0v) is 31.4. The van der Waals surface area contributed by atoms with Crippen LogP contribution in [0.5, 0.6) is 0 Å². The Balaban J connectivity index is 1.09. The Labute approximate surface area is 324 Å². The SMILES string of the molecule is c1ccc(-c2nc(-c3ccc4ccccc4c3)nc(-c3ccc(-c4cccc5c4[se]c4c(-c6ccc7ccccc7c6)cccc45)c4ccccc34)n2)cc1. The zero-order chi connectivity index (χ0) is 36.3. The van der Waals surface area contributed by atoms with Crippen LogP contribution in [-0.2, 0) is 0 Å². The monoisotopic (exact) mass is 765 g/mol. The van der Waals surface area contributed by atoms with Crippen LogP contribution < -0.4 is 0 Å². The molecule has 0 amide bonds. The molecule has 0 radical (unpaired) electrons. The summed E-state index contributed by atoms with van der Waals surface area (Å²) in [7, 11) is 0. The van der Waals surface area contributed by atoms with Crippen molar-refractivity contribution < 1.29 is 0 Å². The molecule has 0 spiro atoms. The van der Waals surface area contributed by atoms with E-state index in [2.05, 4.69) is 170 Å². The van der Waals surface area contributed by atoms with Gasteiger partial charge in [-0.15, -0.1) is 0 Å². The number of nitrogens with zero attached hydrogens (tertiary/aromatic N) is 3. The number of hydrogen-bond acceptors (Lipinski definition) is 3. The molecule has 0 saturated heterocycles. The van der Waals surface area contributed by atoms with E-state index >= 15 is 0 Å². The molecule has 9 aromatic carbocycles. The Kier molecular flexibility index (Phi) is 7.51. The van der Waals surface area contributed by atoms with Gasteiger partial charge in [-0.05, 0) is 5.39 Å². The van der Waals surface area contributed by atoms with Gasteiger partial charge in [-0.1, -0.05) is 30.3 Å². The molecule has 0 saturated carbocycles. The molecule has 0 bridgehead atoms. The normalized spacial score (nSPS) is 11.6. The quantitative estimate of drug-likeness (QED) is 0.164. The fourth-order valence-corrected chi connectivity index (χ4v) is 10.9. The predicted octanol–water partition coefficient (Wildman–Crippen LogP) is 13.0. The Morgan fingerprint density at radius 3 is 1.47 bits per heavy atom. The van der Waals surface area contributed by atoms with Crippen molar-refractivity contribution in [1.29, 1.82) is 0 Å². The summed E-state index contributed by atoms with van der Waals surface area (Å²) in [6.07, 6.45) is 0. The summed E-state index contributed by atoms with van der Waals surface area (Å²) in [6.45, 7) is 0. The molecule has 0 aliphatic carbocycles. The van der Waals surface area contributed by atoms with E-state index in [1.54, 1.807) is 0 Å². The van der Waals surface area contributed by atoms with Crippen molar-refractivity contribution in [3.8, 4) is 56.4 Å². The molecule has 0 fully saturated rings. The third kappa shape index (κ3) is 5.46. The van der Waals surface area contributed by atoms with Crippen LogP contribution in [0.15, 0.2) is 188 Å². The molecule has 11 rings (SSSR count). The summed E-state index contributed by atoms with van der Waals surface area (Å²) >= 11 is 0.122. The van der Waals surface area contributed by atoms with E-state index in [9.17, 15) is 0 Å². The van der Waals surface area contributed by atoms with Crippen LogP contribution >= 0.6 is 0 Å². The van der Waals surface area contributed by atoms with E-state index in [0.717, 1.165) is 27.5 Å². The van der Waals surface area contributed by atoms with E-state index in [1.807, 2.05) is 18.2 Å². The van der Waals surface area contributed by atoms with Crippen molar-refractivity contribution in [2.75, 3.05) is 0 Å². The molecule has 0 aliphatic rings. The standard InChI is InChI=1S/C51H31N3Se/c1-2-14-34(15-3-1)49-52-50(38-27-25-33-13-5-7-17-36(33)31-38)54-51(53-49)46-29-28-42(40-18-8-9-19-41(40)46)43-21-11-23-45-44-22-10-20-39(47(44)55-48(43)45)37-26-24-32-12-4-6-16-35(32)30-37/h1-31H. The van der Waals surface area contributed by atoms with Crippen LogP contribution in [0.3, 0.4) is 0 Å². The van der Waals surface area contributed by atoms with Gasteiger partial charge in [0, 0.05) is 0 Å². The topological polar surface area (TPSA) is 38.7 Å². The molecule has 0 aliphatic heterocycles. The van der Waals surface area contributed by atoms with Crippen LogP contribution in [0.1, 0.15) is 0 Å². The molecule has 2 aromatic heterocycles. The molecule has 11 aromatic rings. The predicted molar refractivity (Wildman–Crippen MR) is 231 cm³/mol. The van der Waals surface area contributed by atoms with Gasteiger partial charge in [0.25, 0.3) is 0 Å². The Bertz CT molecular complexity index is 3270. The molecule has 2 heterocycles. The van der Waals surface area contributed by atoms with Crippen LogP contribution in [0.25, 0.3) is 108 Å². The Morgan fingerprint density at radius 1 is 0.273 bits per heavy atom. The number of rotatable bonds is 5. The van der Waals surface area contributed by atoms with E-state index < -0.39 is 0 Å². The van der Waals surface area contributed by atoms with Crippen molar-refractivity contribution in [3.63, 3.8) is 0 Å². The van der Waals surface area contributed by atoms with Crippen molar-refractivity contribution in [2.24, 2.45) is 0 Å². The maximum atomic E-state index is 5.18. The summed E-state index contributed by atoms with van der Waals surface area (Å²) in [5.74, 6) is 1.98. The van der Waals surface area contributed by atoms with E-state index in [0.29, 0.717) is 17.5 Å². The third-order valence-corrected chi connectivity index (χ3v) is 13.4. The van der Waals surface area contributed by atoms with Gasteiger partial charge >= 0.3 is 290 Å². The molecule has 55 heavy (non-hydrogen) atoms. The molecular formula is C51H31N3Se. The number of benzene rings is 9. The van der Waals surface area contributed by atoms with Gasteiger partial charge in [-0.3, -0.25) is 0 Å². The van der Waals surface area contributed by atoms with Crippen molar-refractivity contribution in [1.82, 2.24) is 15.0 Å². The first-order valence-corrected chi connectivity index (χ1v) is 20.2. The molecule has 0 atom stereocenters. The Morgan fingerprint density at radius 2 is 0.764 bits per heavy atom. The second-order valence-corrected chi connectivity index (χ2v) is 16.1. The number of aromatic nitrogens is 3. The van der Waals surface area contributed by atoms with Crippen molar-refractivity contribution >= 4 is 66.1 Å².